The molecule has 0 N–H and O–H groups in total. The van der Waals surface area contributed by atoms with Gasteiger partial charge in [0.2, 0.25) is 0 Å². The lowest BCUT2D eigenvalue weighted by Crippen LogP contribution is -1.92. The van der Waals surface area contributed by atoms with Crippen LogP contribution in [-0.2, 0) is 0 Å². The van der Waals surface area contributed by atoms with Gasteiger partial charge in [-0.1, -0.05) is 59.0 Å². The number of ketones is 1. The van der Waals surface area contributed by atoms with Crippen LogP contribution in [0.1, 0.15) is 29.6 Å². The second-order valence-corrected chi connectivity index (χ2v) is 4.40. The Balaban J connectivity index is 2.36. The monoisotopic (exact) mass is 314 g/mol. The minimum Gasteiger partial charge on any atom is -0.289 e. The molecule has 0 aliphatic heterocycles. The number of benzene rings is 1. The number of alkyl halides is 1. The average molecular weight is 314 g/mol. The maximum atomic E-state index is 11.6. The van der Waals surface area contributed by atoms with Crippen LogP contribution in [0.2, 0.25) is 0 Å². The van der Waals surface area contributed by atoms with Crippen molar-refractivity contribution in [2.75, 3.05) is 4.43 Å². The molecule has 0 heterocycles. The summed E-state index contributed by atoms with van der Waals surface area (Å²) in [6.45, 7) is 0. The van der Waals surface area contributed by atoms with E-state index in [1.165, 1.54) is 17.3 Å². The van der Waals surface area contributed by atoms with Gasteiger partial charge in [0.15, 0.2) is 5.78 Å². The Bertz CT molecular complexity index is 317. The van der Waals surface area contributed by atoms with E-state index in [2.05, 4.69) is 22.6 Å². The minimum atomic E-state index is 0.102. The van der Waals surface area contributed by atoms with Crippen molar-refractivity contribution in [1.29, 1.82) is 0 Å². The quantitative estimate of drug-likeness (QED) is 0.255. The summed E-state index contributed by atoms with van der Waals surface area (Å²) in [5.74, 6) is 0.102. The van der Waals surface area contributed by atoms with Gasteiger partial charge in [-0.15, -0.1) is 0 Å². The molecule has 1 rings (SSSR count). The summed E-state index contributed by atoms with van der Waals surface area (Å²) in [4.78, 5) is 11.6. The van der Waals surface area contributed by atoms with Crippen molar-refractivity contribution in [3.8, 4) is 0 Å². The van der Waals surface area contributed by atoms with Crippen LogP contribution < -0.4 is 0 Å². The fourth-order valence-corrected chi connectivity index (χ4v) is 1.79. The van der Waals surface area contributed by atoms with E-state index in [0.29, 0.717) is 0 Å². The number of allylic oxidation sites excluding steroid dienone is 2. The van der Waals surface area contributed by atoms with Crippen molar-refractivity contribution in [2.45, 2.75) is 19.3 Å². The molecule has 80 valence electrons. The highest BCUT2D eigenvalue weighted by Gasteiger charge is 1.98. The summed E-state index contributed by atoms with van der Waals surface area (Å²) in [5, 5.41) is 0. The number of unbranched alkanes of at least 4 members (excludes halogenated alkanes) is 2. The first-order valence-electron chi connectivity index (χ1n) is 5.16. The molecule has 0 spiro atoms. The predicted molar refractivity (Wildman–Crippen MR) is 72.7 cm³/mol. The first-order chi connectivity index (χ1) is 7.34. The maximum absolute atomic E-state index is 11.6. The topological polar surface area (TPSA) is 17.1 Å². The molecule has 2 heteroatoms. The standard InChI is InChI=1S/C13H15IO/c14-11-7-2-1-6-10-13(15)12-8-4-3-5-9-12/h3-6,8-10H,1-2,7,11H2/b10-6+. The van der Waals surface area contributed by atoms with Crippen LogP contribution in [0.5, 0.6) is 0 Å². The second kappa shape index (κ2) is 7.63. The zero-order valence-corrected chi connectivity index (χ0v) is 10.8. The van der Waals surface area contributed by atoms with Gasteiger partial charge in [-0.3, -0.25) is 4.79 Å². The molecule has 1 nitrogen and oxygen atoms in total. The lowest BCUT2D eigenvalue weighted by Gasteiger charge is -1.94. The largest absolute Gasteiger partial charge is 0.289 e. The fraction of sp³-hybridized carbons (Fsp3) is 0.308. The summed E-state index contributed by atoms with van der Waals surface area (Å²) in [6.07, 6.45) is 7.05. The molecule has 0 unspecified atom stereocenters. The summed E-state index contributed by atoms with van der Waals surface area (Å²) in [6, 6.07) is 9.38. The number of carbonyl (C=O) groups excluding carboxylic acids is 1. The van der Waals surface area contributed by atoms with E-state index in [1.807, 2.05) is 36.4 Å². The first-order valence-corrected chi connectivity index (χ1v) is 6.69. The highest BCUT2D eigenvalue weighted by Crippen LogP contribution is 2.03. The number of rotatable bonds is 6. The molecule has 0 amide bonds. The number of carbonyl (C=O) groups is 1. The van der Waals surface area contributed by atoms with E-state index >= 15 is 0 Å². The van der Waals surface area contributed by atoms with Crippen LogP contribution in [0.15, 0.2) is 42.5 Å². The molecule has 1 aromatic rings. The van der Waals surface area contributed by atoms with Gasteiger partial charge in [0.05, 0.1) is 0 Å². The Kier molecular flexibility index (Phi) is 6.32. The van der Waals surface area contributed by atoms with Crippen LogP contribution in [0, 0.1) is 0 Å². The molecule has 0 saturated heterocycles. The molecule has 0 aliphatic carbocycles. The van der Waals surface area contributed by atoms with Gasteiger partial charge in [0.25, 0.3) is 0 Å². The predicted octanol–water partition coefficient (Wildman–Crippen LogP) is 4.03. The molecule has 1 aromatic carbocycles. The molecular formula is C13H15IO. The summed E-state index contributed by atoms with van der Waals surface area (Å²) in [7, 11) is 0. The molecule has 0 bridgehead atoms. The molecule has 0 radical (unpaired) electrons. The van der Waals surface area contributed by atoms with E-state index in [4.69, 9.17) is 0 Å². The Morgan fingerprint density at radius 3 is 2.60 bits per heavy atom. The van der Waals surface area contributed by atoms with Crippen LogP contribution in [0.4, 0.5) is 0 Å². The third-order valence-electron chi connectivity index (χ3n) is 2.08. The van der Waals surface area contributed by atoms with Crippen LogP contribution >= 0.6 is 22.6 Å². The van der Waals surface area contributed by atoms with E-state index < -0.39 is 0 Å². The minimum absolute atomic E-state index is 0.102. The first kappa shape index (κ1) is 12.4. The van der Waals surface area contributed by atoms with Gasteiger partial charge >= 0.3 is 0 Å². The van der Waals surface area contributed by atoms with E-state index in [-0.39, 0.29) is 5.78 Å². The molecule has 0 aliphatic rings. The van der Waals surface area contributed by atoms with Crippen molar-refractivity contribution < 1.29 is 4.79 Å². The number of hydrogen-bond acceptors (Lipinski definition) is 1. The summed E-state index contributed by atoms with van der Waals surface area (Å²) in [5.41, 5.74) is 0.766. The van der Waals surface area contributed by atoms with Crippen molar-refractivity contribution in [2.24, 2.45) is 0 Å². The van der Waals surface area contributed by atoms with Crippen molar-refractivity contribution in [1.82, 2.24) is 0 Å². The van der Waals surface area contributed by atoms with Gasteiger partial charge in [-0.2, -0.15) is 0 Å². The van der Waals surface area contributed by atoms with Crippen LogP contribution in [0.3, 0.4) is 0 Å². The molecule has 0 fully saturated rings. The Hall–Kier alpha value is -0.640. The number of halogens is 1. The molecular weight excluding hydrogens is 299 g/mol. The van der Waals surface area contributed by atoms with Crippen molar-refractivity contribution in [3.05, 3.63) is 48.0 Å². The van der Waals surface area contributed by atoms with E-state index in [0.717, 1.165) is 12.0 Å². The van der Waals surface area contributed by atoms with Crippen molar-refractivity contribution >= 4 is 28.4 Å². The molecule has 0 saturated carbocycles. The average Bonchev–Trinajstić information content (AvgIpc) is 2.30. The highest BCUT2D eigenvalue weighted by molar-refractivity contribution is 14.1. The van der Waals surface area contributed by atoms with Crippen molar-refractivity contribution in [3.63, 3.8) is 0 Å². The third-order valence-corrected chi connectivity index (χ3v) is 2.84. The SMILES string of the molecule is O=C(/C=C/CCCCI)c1ccccc1. The van der Waals surface area contributed by atoms with E-state index in [1.54, 1.807) is 6.08 Å². The third kappa shape index (κ3) is 5.11. The Morgan fingerprint density at radius 1 is 1.20 bits per heavy atom. The summed E-state index contributed by atoms with van der Waals surface area (Å²) < 4.78 is 1.19. The van der Waals surface area contributed by atoms with Crippen LogP contribution in [-0.4, -0.2) is 10.2 Å². The van der Waals surface area contributed by atoms with Crippen LogP contribution in [0.25, 0.3) is 0 Å². The number of hydrogen-bond donors (Lipinski definition) is 0. The zero-order valence-electron chi connectivity index (χ0n) is 8.66. The second-order valence-electron chi connectivity index (χ2n) is 3.32. The lowest BCUT2D eigenvalue weighted by molar-refractivity contribution is 0.104. The van der Waals surface area contributed by atoms with Gasteiger partial charge in [0.1, 0.15) is 0 Å². The normalized spacial score (nSPS) is 10.7. The molecule has 0 atom stereocenters. The maximum Gasteiger partial charge on any atom is 0.185 e. The molecule has 15 heavy (non-hydrogen) atoms. The smallest absolute Gasteiger partial charge is 0.185 e. The zero-order chi connectivity index (χ0) is 10.9. The Morgan fingerprint density at radius 2 is 1.93 bits per heavy atom. The molecule has 0 aromatic heterocycles. The Labute approximate surface area is 105 Å². The van der Waals surface area contributed by atoms with Gasteiger partial charge in [-0.25, -0.2) is 0 Å². The fourth-order valence-electron chi connectivity index (χ4n) is 1.25. The lowest BCUT2D eigenvalue weighted by atomic mass is 10.1. The van der Waals surface area contributed by atoms with E-state index in [9.17, 15) is 4.79 Å². The summed E-state index contributed by atoms with van der Waals surface area (Å²) >= 11 is 2.37. The van der Waals surface area contributed by atoms with Gasteiger partial charge in [-0.05, 0) is 29.8 Å². The van der Waals surface area contributed by atoms with Gasteiger partial charge < -0.3 is 0 Å². The van der Waals surface area contributed by atoms with Gasteiger partial charge in [0, 0.05) is 5.56 Å². The highest BCUT2D eigenvalue weighted by atomic mass is 127.